The molecule has 1 heterocycles. The average Bonchev–Trinajstić information content (AvgIpc) is 2.74. The summed E-state index contributed by atoms with van der Waals surface area (Å²) in [4.78, 5) is 0.0513. The Kier molecular flexibility index (Phi) is 6.71. The molecule has 3 rings (SSSR count). The fraction of sp³-hybridized carbons (Fsp3) is 0.400. The summed E-state index contributed by atoms with van der Waals surface area (Å²) >= 11 is 0. The number of fused-ring (bicyclic) bond motifs is 1. The first kappa shape index (κ1) is 22.5. The van der Waals surface area contributed by atoms with E-state index in [9.17, 15) is 16.8 Å². The highest BCUT2D eigenvalue weighted by Gasteiger charge is 2.24. The molecule has 1 N–H and O–H groups in total. The van der Waals surface area contributed by atoms with Gasteiger partial charge in [0.15, 0.2) is 11.5 Å². The Hall–Kier alpha value is -2.14. The summed E-state index contributed by atoms with van der Waals surface area (Å²) in [5, 5.41) is 0. The molecule has 30 heavy (non-hydrogen) atoms. The molecule has 0 amide bonds. The lowest BCUT2D eigenvalue weighted by Crippen LogP contribution is -2.30. The quantitative estimate of drug-likeness (QED) is 0.658. The standard InChI is InChI=1S/C20H26N2O6S2/c1-4-22(5-2)30(25,26)18-9-7-17(8-10-18)29(23,24)21-15(3)16-6-11-19-20(14-16)28-13-12-27-19/h6-11,14-15,21H,4-5,12-13H2,1-3H3. The molecule has 1 unspecified atom stereocenters. The molecular formula is C20H26N2O6S2. The van der Waals surface area contributed by atoms with Gasteiger partial charge in [-0.25, -0.2) is 21.6 Å². The Labute approximate surface area is 177 Å². The first-order valence-electron chi connectivity index (χ1n) is 9.71. The largest absolute Gasteiger partial charge is 0.486 e. The highest BCUT2D eigenvalue weighted by atomic mass is 32.2. The molecule has 8 nitrogen and oxygen atoms in total. The van der Waals surface area contributed by atoms with Crippen LogP contribution in [0.3, 0.4) is 0 Å². The van der Waals surface area contributed by atoms with Crippen molar-refractivity contribution in [3.8, 4) is 11.5 Å². The van der Waals surface area contributed by atoms with Crippen LogP contribution in [-0.2, 0) is 20.0 Å². The molecule has 0 fully saturated rings. The number of nitrogens with zero attached hydrogens (tertiary/aromatic N) is 1. The predicted octanol–water partition coefficient (Wildman–Crippen LogP) is 2.53. The summed E-state index contributed by atoms with van der Waals surface area (Å²) in [5.74, 6) is 1.21. The molecule has 1 aliphatic rings. The zero-order valence-electron chi connectivity index (χ0n) is 17.2. The number of ether oxygens (including phenoxy) is 2. The fourth-order valence-electron chi connectivity index (χ4n) is 3.20. The predicted molar refractivity (Wildman–Crippen MR) is 113 cm³/mol. The Morgan fingerprint density at radius 3 is 2.07 bits per heavy atom. The smallest absolute Gasteiger partial charge is 0.243 e. The molecule has 1 aliphatic heterocycles. The normalized spacial score (nSPS) is 15.2. The molecule has 0 aliphatic carbocycles. The van der Waals surface area contributed by atoms with Gasteiger partial charge in [0.1, 0.15) is 13.2 Å². The highest BCUT2D eigenvalue weighted by molar-refractivity contribution is 7.89. The minimum Gasteiger partial charge on any atom is -0.486 e. The van der Waals surface area contributed by atoms with Gasteiger partial charge in [-0.05, 0) is 48.9 Å². The molecule has 0 spiro atoms. The van der Waals surface area contributed by atoms with Crippen molar-refractivity contribution in [1.29, 1.82) is 0 Å². The van der Waals surface area contributed by atoms with Gasteiger partial charge in [-0.1, -0.05) is 19.9 Å². The summed E-state index contributed by atoms with van der Waals surface area (Å²) in [5.41, 5.74) is 0.726. The molecule has 164 valence electrons. The van der Waals surface area contributed by atoms with E-state index in [-0.39, 0.29) is 9.79 Å². The zero-order valence-corrected chi connectivity index (χ0v) is 18.8. The van der Waals surface area contributed by atoms with Crippen molar-refractivity contribution in [3.05, 3.63) is 48.0 Å². The number of hydrogen-bond donors (Lipinski definition) is 1. The Morgan fingerprint density at radius 2 is 1.47 bits per heavy atom. The van der Waals surface area contributed by atoms with E-state index < -0.39 is 26.1 Å². The molecule has 0 saturated heterocycles. The third kappa shape index (κ3) is 4.61. The summed E-state index contributed by atoms with van der Waals surface area (Å²) in [6, 6.07) is 9.99. The Balaban J connectivity index is 1.79. The lowest BCUT2D eigenvalue weighted by atomic mass is 10.1. The van der Waals surface area contributed by atoms with Gasteiger partial charge in [0.2, 0.25) is 20.0 Å². The SMILES string of the molecule is CCN(CC)S(=O)(=O)c1ccc(S(=O)(=O)NC(C)c2ccc3c(c2)OCCO3)cc1. The van der Waals surface area contributed by atoms with Gasteiger partial charge in [-0.15, -0.1) is 0 Å². The van der Waals surface area contributed by atoms with Crippen molar-refractivity contribution < 1.29 is 26.3 Å². The number of rotatable bonds is 8. The molecule has 10 heteroatoms. The van der Waals surface area contributed by atoms with Crippen LogP contribution in [0.1, 0.15) is 32.4 Å². The Bertz CT molecular complexity index is 1090. The molecule has 0 aromatic heterocycles. The van der Waals surface area contributed by atoms with Gasteiger partial charge < -0.3 is 9.47 Å². The molecule has 2 aromatic rings. The molecule has 1 atom stereocenters. The first-order chi connectivity index (χ1) is 14.2. The van der Waals surface area contributed by atoms with E-state index in [2.05, 4.69) is 4.72 Å². The third-order valence-corrected chi connectivity index (χ3v) is 8.50. The van der Waals surface area contributed by atoms with Crippen LogP contribution in [-0.4, -0.2) is 47.4 Å². The van der Waals surface area contributed by atoms with Crippen LogP contribution in [0.2, 0.25) is 0 Å². The summed E-state index contributed by atoms with van der Waals surface area (Å²) in [6.07, 6.45) is 0. The van der Waals surface area contributed by atoms with E-state index in [1.165, 1.54) is 28.6 Å². The van der Waals surface area contributed by atoms with Gasteiger partial charge in [-0.2, -0.15) is 4.31 Å². The van der Waals surface area contributed by atoms with Gasteiger partial charge in [0, 0.05) is 19.1 Å². The van der Waals surface area contributed by atoms with Gasteiger partial charge in [-0.3, -0.25) is 0 Å². The fourth-order valence-corrected chi connectivity index (χ4v) is 5.89. The minimum atomic E-state index is -3.85. The van der Waals surface area contributed by atoms with Crippen molar-refractivity contribution in [2.24, 2.45) is 0 Å². The second-order valence-corrected chi connectivity index (χ2v) is 10.5. The van der Waals surface area contributed by atoms with E-state index in [1.54, 1.807) is 39.0 Å². The van der Waals surface area contributed by atoms with Crippen molar-refractivity contribution in [3.63, 3.8) is 0 Å². The number of benzene rings is 2. The summed E-state index contributed by atoms with van der Waals surface area (Å²) < 4.78 is 65.7. The molecule has 0 saturated carbocycles. The van der Waals surface area contributed by atoms with Crippen molar-refractivity contribution in [2.75, 3.05) is 26.3 Å². The molecule has 2 aromatic carbocycles. The van der Waals surface area contributed by atoms with Crippen LogP contribution in [0.25, 0.3) is 0 Å². The van der Waals surface area contributed by atoms with Crippen LogP contribution in [0.5, 0.6) is 11.5 Å². The zero-order chi connectivity index (χ0) is 21.9. The maximum Gasteiger partial charge on any atom is 0.243 e. The topological polar surface area (TPSA) is 102 Å². The molecular weight excluding hydrogens is 428 g/mol. The average molecular weight is 455 g/mol. The highest BCUT2D eigenvalue weighted by Crippen LogP contribution is 2.33. The van der Waals surface area contributed by atoms with Gasteiger partial charge in [0.25, 0.3) is 0 Å². The number of hydrogen-bond acceptors (Lipinski definition) is 6. The molecule has 0 bridgehead atoms. The van der Waals surface area contributed by atoms with Crippen LogP contribution in [0.15, 0.2) is 52.3 Å². The lowest BCUT2D eigenvalue weighted by Gasteiger charge is -2.21. The van der Waals surface area contributed by atoms with E-state index in [4.69, 9.17) is 9.47 Å². The molecule has 0 radical (unpaired) electrons. The maximum atomic E-state index is 12.8. The van der Waals surface area contributed by atoms with E-state index in [0.29, 0.717) is 37.8 Å². The van der Waals surface area contributed by atoms with Crippen molar-refractivity contribution in [2.45, 2.75) is 36.6 Å². The van der Waals surface area contributed by atoms with E-state index in [1.807, 2.05) is 0 Å². The first-order valence-corrected chi connectivity index (χ1v) is 12.6. The van der Waals surface area contributed by atoms with Gasteiger partial charge >= 0.3 is 0 Å². The summed E-state index contributed by atoms with van der Waals surface area (Å²) in [7, 11) is -7.50. The second-order valence-electron chi connectivity index (χ2n) is 6.81. The second kappa shape index (κ2) is 8.93. The number of sulfonamides is 2. The van der Waals surface area contributed by atoms with Gasteiger partial charge in [0.05, 0.1) is 9.79 Å². The van der Waals surface area contributed by atoms with E-state index >= 15 is 0 Å². The maximum absolute atomic E-state index is 12.8. The monoisotopic (exact) mass is 454 g/mol. The van der Waals surface area contributed by atoms with Crippen molar-refractivity contribution in [1.82, 2.24) is 9.03 Å². The third-order valence-electron chi connectivity index (χ3n) is 4.88. The number of nitrogens with one attached hydrogen (secondary N) is 1. The van der Waals surface area contributed by atoms with Crippen LogP contribution < -0.4 is 14.2 Å². The van der Waals surface area contributed by atoms with Crippen LogP contribution in [0, 0.1) is 0 Å². The van der Waals surface area contributed by atoms with Crippen molar-refractivity contribution >= 4 is 20.0 Å². The van der Waals surface area contributed by atoms with Crippen LogP contribution in [0.4, 0.5) is 0 Å². The van der Waals surface area contributed by atoms with E-state index in [0.717, 1.165) is 5.56 Å². The minimum absolute atomic E-state index is 0.00890. The van der Waals surface area contributed by atoms with Crippen LogP contribution >= 0.6 is 0 Å². The Morgan fingerprint density at radius 1 is 0.900 bits per heavy atom. The lowest BCUT2D eigenvalue weighted by molar-refractivity contribution is 0.171. The summed E-state index contributed by atoms with van der Waals surface area (Å²) in [6.45, 7) is 6.84.